The molecule has 3 heterocycles. The molecule has 1 aromatic heterocycles. The van der Waals surface area contributed by atoms with Gasteiger partial charge in [0.25, 0.3) is 0 Å². The molecule has 5 nitrogen and oxygen atoms in total. The Morgan fingerprint density at radius 1 is 1.12 bits per heavy atom. The van der Waals surface area contributed by atoms with Crippen molar-refractivity contribution in [3.05, 3.63) is 35.9 Å². The summed E-state index contributed by atoms with van der Waals surface area (Å²) in [5.74, 6) is 2.00. The van der Waals surface area contributed by atoms with Gasteiger partial charge in [0.2, 0.25) is 0 Å². The van der Waals surface area contributed by atoms with Gasteiger partial charge in [-0.15, -0.1) is 10.2 Å². The number of nitrogens with zero attached hydrogens (tertiary/aromatic N) is 4. The number of likely N-dealkylation sites (N-methyl/N-ethyl adjacent to an activating group) is 1. The van der Waals surface area contributed by atoms with Crippen LogP contribution in [-0.4, -0.2) is 52.4 Å². The largest absolute Gasteiger partial charge is 0.507 e. The van der Waals surface area contributed by atoms with Crippen LogP contribution in [0.3, 0.4) is 0 Å². The smallest absolute Gasteiger partial charge is 0.151 e. The van der Waals surface area contributed by atoms with Gasteiger partial charge in [-0.25, -0.2) is 0 Å². The third-order valence-corrected chi connectivity index (χ3v) is 5.77. The molecule has 2 saturated heterocycles. The van der Waals surface area contributed by atoms with Crippen LogP contribution in [0.2, 0.25) is 0 Å². The molecule has 2 aromatic rings. The summed E-state index contributed by atoms with van der Waals surface area (Å²) in [6.07, 6.45) is 2.54. The first-order chi connectivity index (χ1) is 12.2. The minimum atomic E-state index is 0.258. The molecule has 25 heavy (non-hydrogen) atoms. The highest BCUT2D eigenvalue weighted by Gasteiger charge is 2.38. The summed E-state index contributed by atoms with van der Waals surface area (Å²) in [6.45, 7) is 8.74. The molecule has 0 spiro atoms. The Kier molecular flexibility index (Phi) is 4.34. The average Bonchev–Trinajstić information content (AvgIpc) is 3.05. The van der Waals surface area contributed by atoms with Gasteiger partial charge >= 0.3 is 0 Å². The van der Waals surface area contributed by atoms with Gasteiger partial charge in [0, 0.05) is 24.7 Å². The van der Waals surface area contributed by atoms with E-state index >= 15 is 0 Å². The number of hydrogen-bond donors (Lipinski definition) is 1. The Labute approximate surface area is 149 Å². The molecule has 2 aliphatic rings. The molecule has 4 rings (SSSR count). The van der Waals surface area contributed by atoms with Gasteiger partial charge in [-0.2, -0.15) is 0 Å². The van der Waals surface area contributed by atoms with E-state index in [1.807, 2.05) is 25.1 Å². The van der Waals surface area contributed by atoms with Crippen molar-refractivity contribution < 1.29 is 5.11 Å². The predicted molar refractivity (Wildman–Crippen MR) is 99.8 cm³/mol. The number of aryl methyl sites for hydroxylation is 1. The highest BCUT2D eigenvalue weighted by atomic mass is 16.3. The van der Waals surface area contributed by atoms with Crippen LogP contribution >= 0.6 is 0 Å². The zero-order valence-corrected chi connectivity index (χ0v) is 15.0. The molecular formula is C20H26N4O. The summed E-state index contributed by atoms with van der Waals surface area (Å²) in [6, 6.07) is 10.2. The zero-order chi connectivity index (χ0) is 17.4. The van der Waals surface area contributed by atoms with Crippen LogP contribution in [0, 0.1) is 12.8 Å². The van der Waals surface area contributed by atoms with Crippen molar-refractivity contribution >= 4 is 5.82 Å². The molecule has 0 amide bonds. The van der Waals surface area contributed by atoms with Crippen molar-refractivity contribution in [1.29, 1.82) is 0 Å². The van der Waals surface area contributed by atoms with Gasteiger partial charge in [0.15, 0.2) is 5.82 Å². The quantitative estimate of drug-likeness (QED) is 0.932. The summed E-state index contributed by atoms with van der Waals surface area (Å²) >= 11 is 0. The Morgan fingerprint density at radius 2 is 1.96 bits per heavy atom. The SMILES string of the molecule is CCN1CC[C@@H]2CCN(c3ccc(-c4ccc(C)cc4O)nn3)[C@@H]2C1. The molecule has 1 N–H and O–H groups in total. The summed E-state index contributed by atoms with van der Waals surface area (Å²) in [5.41, 5.74) is 2.49. The number of hydrogen-bond acceptors (Lipinski definition) is 5. The number of benzene rings is 1. The van der Waals surface area contributed by atoms with Crippen LogP contribution in [0.4, 0.5) is 5.82 Å². The maximum absolute atomic E-state index is 10.2. The molecule has 2 atom stereocenters. The molecule has 0 unspecified atom stereocenters. The molecular weight excluding hydrogens is 312 g/mol. The van der Waals surface area contributed by atoms with Gasteiger partial charge in [-0.1, -0.05) is 13.0 Å². The molecule has 0 saturated carbocycles. The second kappa shape index (κ2) is 6.64. The molecule has 2 fully saturated rings. The van der Waals surface area contributed by atoms with Crippen molar-refractivity contribution in [3.8, 4) is 17.0 Å². The van der Waals surface area contributed by atoms with Crippen LogP contribution in [-0.2, 0) is 0 Å². The van der Waals surface area contributed by atoms with Crippen molar-refractivity contribution in [3.63, 3.8) is 0 Å². The van der Waals surface area contributed by atoms with Crippen LogP contribution in [0.1, 0.15) is 25.3 Å². The van der Waals surface area contributed by atoms with E-state index in [4.69, 9.17) is 0 Å². The number of aromatic hydroxyl groups is 1. The lowest BCUT2D eigenvalue weighted by Crippen LogP contribution is -2.48. The molecule has 0 bridgehead atoms. The fraction of sp³-hybridized carbons (Fsp3) is 0.500. The maximum atomic E-state index is 10.2. The number of phenolic OH excluding ortho intramolecular Hbond substituents is 1. The second-order valence-corrected chi connectivity index (χ2v) is 7.29. The predicted octanol–water partition coefficient (Wildman–Crippen LogP) is 3.08. The van der Waals surface area contributed by atoms with Crippen molar-refractivity contribution in [2.24, 2.45) is 5.92 Å². The minimum absolute atomic E-state index is 0.258. The normalized spacial score (nSPS) is 23.7. The topological polar surface area (TPSA) is 52.5 Å². The van der Waals surface area contributed by atoms with Gasteiger partial charge in [0.1, 0.15) is 5.75 Å². The molecule has 0 aliphatic carbocycles. The number of anilines is 1. The number of rotatable bonds is 3. The van der Waals surface area contributed by atoms with E-state index < -0.39 is 0 Å². The Morgan fingerprint density at radius 3 is 2.68 bits per heavy atom. The third kappa shape index (κ3) is 3.09. The first-order valence-corrected chi connectivity index (χ1v) is 9.28. The number of aromatic nitrogens is 2. The lowest BCUT2D eigenvalue weighted by Gasteiger charge is -2.38. The van der Waals surface area contributed by atoms with Crippen molar-refractivity contribution in [2.75, 3.05) is 31.1 Å². The number of fused-ring (bicyclic) bond motifs is 1. The van der Waals surface area contributed by atoms with Gasteiger partial charge in [0.05, 0.1) is 5.69 Å². The van der Waals surface area contributed by atoms with Gasteiger partial charge < -0.3 is 14.9 Å². The average molecular weight is 338 g/mol. The maximum Gasteiger partial charge on any atom is 0.151 e. The minimum Gasteiger partial charge on any atom is -0.507 e. The first-order valence-electron chi connectivity index (χ1n) is 9.28. The lowest BCUT2D eigenvalue weighted by atomic mass is 9.92. The molecule has 0 radical (unpaired) electrons. The summed E-state index contributed by atoms with van der Waals surface area (Å²) in [5, 5.41) is 19.0. The molecule has 132 valence electrons. The van der Waals surface area contributed by atoms with Crippen molar-refractivity contribution in [1.82, 2.24) is 15.1 Å². The van der Waals surface area contributed by atoms with Crippen LogP contribution in [0.5, 0.6) is 5.75 Å². The van der Waals surface area contributed by atoms with Crippen LogP contribution in [0.25, 0.3) is 11.3 Å². The number of phenols is 1. The van der Waals surface area contributed by atoms with E-state index in [2.05, 4.69) is 33.0 Å². The standard InChI is InChI=1S/C20H26N4O/c1-3-23-10-8-15-9-11-24(18(15)13-23)20-7-6-17(21-22-20)16-5-4-14(2)12-19(16)25/h4-7,12,15,18,25H,3,8-11,13H2,1-2H3/t15-,18-/m1/s1. The van der Waals surface area contributed by atoms with E-state index in [0.29, 0.717) is 6.04 Å². The highest BCUT2D eigenvalue weighted by molar-refractivity contribution is 5.67. The van der Waals surface area contributed by atoms with E-state index in [1.54, 1.807) is 6.07 Å². The molecule has 2 aliphatic heterocycles. The molecule has 5 heteroatoms. The van der Waals surface area contributed by atoms with Gasteiger partial charge in [-0.05, 0) is 68.6 Å². The van der Waals surface area contributed by atoms with E-state index in [0.717, 1.165) is 48.2 Å². The first kappa shape index (κ1) is 16.3. The van der Waals surface area contributed by atoms with Crippen LogP contribution in [0.15, 0.2) is 30.3 Å². The van der Waals surface area contributed by atoms with E-state index in [-0.39, 0.29) is 5.75 Å². The molecule has 1 aromatic carbocycles. The fourth-order valence-electron chi connectivity index (χ4n) is 4.26. The Hall–Kier alpha value is -2.14. The van der Waals surface area contributed by atoms with E-state index in [9.17, 15) is 5.11 Å². The summed E-state index contributed by atoms with van der Waals surface area (Å²) in [7, 11) is 0. The lowest BCUT2D eigenvalue weighted by molar-refractivity contribution is 0.182. The third-order valence-electron chi connectivity index (χ3n) is 5.77. The van der Waals surface area contributed by atoms with Crippen molar-refractivity contribution in [2.45, 2.75) is 32.7 Å². The number of likely N-dealkylation sites (tertiary alicyclic amines) is 1. The van der Waals surface area contributed by atoms with Gasteiger partial charge in [-0.3, -0.25) is 0 Å². The Bertz CT molecular complexity index is 746. The van der Waals surface area contributed by atoms with E-state index in [1.165, 1.54) is 19.4 Å². The highest BCUT2D eigenvalue weighted by Crippen LogP contribution is 2.35. The fourth-order valence-corrected chi connectivity index (χ4v) is 4.26. The second-order valence-electron chi connectivity index (χ2n) is 7.29. The summed E-state index contributed by atoms with van der Waals surface area (Å²) < 4.78 is 0. The van der Waals surface area contributed by atoms with Crippen LogP contribution < -0.4 is 4.90 Å². The Balaban J connectivity index is 1.56. The summed E-state index contributed by atoms with van der Waals surface area (Å²) in [4.78, 5) is 4.96. The number of piperidine rings is 1. The zero-order valence-electron chi connectivity index (χ0n) is 15.0. The monoisotopic (exact) mass is 338 g/mol.